The van der Waals surface area contributed by atoms with Gasteiger partial charge in [-0.05, 0) is 38.0 Å². The Morgan fingerprint density at radius 3 is 2.57 bits per heavy atom. The fraction of sp³-hybridized carbons (Fsp3) is 0.944. The van der Waals surface area contributed by atoms with Crippen molar-refractivity contribution in [1.29, 1.82) is 0 Å². The summed E-state index contributed by atoms with van der Waals surface area (Å²) in [5.74, 6) is 2.31. The van der Waals surface area contributed by atoms with Crippen molar-refractivity contribution < 1.29 is 9.47 Å². The molecule has 2 N–H and O–H groups in total. The van der Waals surface area contributed by atoms with Crippen LogP contribution in [-0.4, -0.2) is 52.0 Å². The first-order valence-electron chi connectivity index (χ1n) is 9.47. The highest BCUT2D eigenvalue weighted by molar-refractivity contribution is 5.79. The molecule has 0 aromatic heterocycles. The number of hydrogen-bond donors (Lipinski definition) is 2. The van der Waals surface area contributed by atoms with Crippen molar-refractivity contribution >= 4 is 5.96 Å². The maximum absolute atomic E-state index is 5.79. The van der Waals surface area contributed by atoms with Crippen molar-refractivity contribution in [3.63, 3.8) is 0 Å². The quantitative estimate of drug-likeness (QED) is 0.348. The summed E-state index contributed by atoms with van der Waals surface area (Å²) in [6.07, 6.45) is 5.69. The largest absolute Gasteiger partial charge is 0.381 e. The molecule has 1 aliphatic rings. The van der Waals surface area contributed by atoms with E-state index in [0.717, 1.165) is 71.3 Å². The smallest absolute Gasteiger partial charge is 0.191 e. The first kappa shape index (κ1) is 20.2. The number of ether oxygens (including phenoxy) is 2. The molecule has 0 radical (unpaired) electrons. The van der Waals surface area contributed by atoms with Crippen LogP contribution in [0, 0.1) is 11.8 Å². The summed E-state index contributed by atoms with van der Waals surface area (Å²) < 4.78 is 11.2. The van der Waals surface area contributed by atoms with E-state index < -0.39 is 0 Å². The van der Waals surface area contributed by atoms with Crippen LogP contribution in [0.4, 0.5) is 0 Å². The van der Waals surface area contributed by atoms with Crippen LogP contribution >= 0.6 is 0 Å². The van der Waals surface area contributed by atoms with Gasteiger partial charge in [-0.3, -0.25) is 4.99 Å². The molecule has 1 rings (SSSR count). The van der Waals surface area contributed by atoms with E-state index in [1.54, 1.807) is 0 Å². The predicted molar refractivity (Wildman–Crippen MR) is 97.0 cm³/mol. The van der Waals surface area contributed by atoms with Crippen molar-refractivity contribution in [2.45, 2.75) is 52.9 Å². The Bertz CT molecular complexity index is 301. The van der Waals surface area contributed by atoms with Gasteiger partial charge in [0, 0.05) is 46.1 Å². The Morgan fingerprint density at radius 2 is 1.91 bits per heavy atom. The van der Waals surface area contributed by atoms with Crippen LogP contribution in [0.15, 0.2) is 4.99 Å². The van der Waals surface area contributed by atoms with Gasteiger partial charge in [0.25, 0.3) is 0 Å². The fourth-order valence-corrected chi connectivity index (χ4v) is 2.65. The number of guanidine groups is 1. The molecular formula is C18H37N3O2. The van der Waals surface area contributed by atoms with E-state index in [1.807, 2.05) is 0 Å². The minimum absolute atomic E-state index is 0.688. The minimum atomic E-state index is 0.688. The van der Waals surface area contributed by atoms with Crippen LogP contribution in [-0.2, 0) is 9.47 Å². The molecule has 0 aromatic rings. The van der Waals surface area contributed by atoms with E-state index in [0.29, 0.717) is 11.8 Å². The number of nitrogens with one attached hydrogen (secondary N) is 2. The maximum atomic E-state index is 5.79. The molecule has 5 nitrogen and oxygen atoms in total. The number of rotatable bonds is 11. The topological polar surface area (TPSA) is 54.9 Å². The monoisotopic (exact) mass is 327 g/mol. The average Bonchev–Trinajstić information content (AvgIpc) is 2.59. The number of aliphatic imine (C=N–C) groups is 1. The molecule has 0 atom stereocenters. The molecule has 136 valence electrons. The first-order valence-corrected chi connectivity index (χ1v) is 9.47. The standard InChI is InChI=1S/C18H37N3O2/c1-4-16(5-2)14-21-18(19-6-3)20-10-7-11-23-15-17-8-12-22-13-9-17/h16-17H,4-15H2,1-3H3,(H2,19,20,21). The second kappa shape index (κ2) is 13.6. The van der Waals surface area contributed by atoms with Gasteiger partial charge in [-0.2, -0.15) is 0 Å². The Labute approximate surface area is 142 Å². The van der Waals surface area contributed by atoms with Crippen molar-refractivity contribution in [3.05, 3.63) is 0 Å². The van der Waals surface area contributed by atoms with Crippen LogP contribution in [0.2, 0.25) is 0 Å². The molecule has 0 aromatic carbocycles. The Kier molecular flexibility index (Phi) is 12.0. The molecule has 0 unspecified atom stereocenters. The summed E-state index contributed by atoms with van der Waals surface area (Å²) in [5, 5.41) is 6.71. The van der Waals surface area contributed by atoms with Gasteiger partial charge in [0.1, 0.15) is 0 Å². The summed E-state index contributed by atoms with van der Waals surface area (Å²) in [7, 11) is 0. The zero-order chi connectivity index (χ0) is 16.8. The van der Waals surface area contributed by atoms with E-state index in [9.17, 15) is 0 Å². The normalized spacial score (nSPS) is 16.8. The molecule has 1 saturated heterocycles. The third kappa shape index (κ3) is 9.82. The van der Waals surface area contributed by atoms with E-state index >= 15 is 0 Å². The van der Waals surface area contributed by atoms with Crippen molar-refractivity contribution in [2.75, 3.05) is 46.1 Å². The predicted octanol–water partition coefficient (Wildman–Crippen LogP) is 2.81. The molecule has 1 aliphatic heterocycles. The highest BCUT2D eigenvalue weighted by Gasteiger charge is 2.13. The zero-order valence-corrected chi connectivity index (χ0v) is 15.4. The van der Waals surface area contributed by atoms with Crippen LogP contribution in [0.5, 0.6) is 0 Å². The maximum Gasteiger partial charge on any atom is 0.191 e. The van der Waals surface area contributed by atoms with Gasteiger partial charge < -0.3 is 20.1 Å². The van der Waals surface area contributed by atoms with Gasteiger partial charge in [0.15, 0.2) is 5.96 Å². The second-order valence-electron chi connectivity index (χ2n) is 6.31. The first-order chi connectivity index (χ1) is 11.3. The molecule has 1 heterocycles. The summed E-state index contributed by atoms with van der Waals surface area (Å²) in [4.78, 5) is 4.69. The molecule has 23 heavy (non-hydrogen) atoms. The molecular weight excluding hydrogens is 290 g/mol. The third-order valence-electron chi connectivity index (χ3n) is 4.46. The van der Waals surface area contributed by atoms with Crippen LogP contribution in [0.3, 0.4) is 0 Å². The highest BCUT2D eigenvalue weighted by atomic mass is 16.5. The van der Waals surface area contributed by atoms with Crippen LogP contribution in [0.25, 0.3) is 0 Å². The van der Waals surface area contributed by atoms with Gasteiger partial charge in [0.05, 0.1) is 0 Å². The minimum Gasteiger partial charge on any atom is -0.381 e. The summed E-state index contributed by atoms with van der Waals surface area (Å²) >= 11 is 0. The van der Waals surface area contributed by atoms with Gasteiger partial charge in [0.2, 0.25) is 0 Å². The average molecular weight is 328 g/mol. The lowest BCUT2D eigenvalue weighted by Gasteiger charge is -2.21. The van der Waals surface area contributed by atoms with Crippen molar-refractivity contribution in [3.8, 4) is 0 Å². The number of hydrogen-bond acceptors (Lipinski definition) is 3. The lowest BCUT2D eigenvalue weighted by molar-refractivity contribution is 0.0203. The van der Waals surface area contributed by atoms with Crippen LogP contribution < -0.4 is 10.6 Å². The summed E-state index contributed by atoms with van der Waals surface area (Å²) in [6, 6.07) is 0. The molecule has 5 heteroatoms. The summed E-state index contributed by atoms with van der Waals surface area (Å²) in [5.41, 5.74) is 0. The third-order valence-corrected chi connectivity index (χ3v) is 4.46. The van der Waals surface area contributed by atoms with Gasteiger partial charge in [-0.1, -0.05) is 26.7 Å². The van der Waals surface area contributed by atoms with E-state index in [4.69, 9.17) is 9.47 Å². The Morgan fingerprint density at radius 1 is 1.17 bits per heavy atom. The Balaban J connectivity index is 2.10. The van der Waals surface area contributed by atoms with Gasteiger partial charge >= 0.3 is 0 Å². The highest BCUT2D eigenvalue weighted by Crippen LogP contribution is 2.14. The van der Waals surface area contributed by atoms with E-state index in [1.165, 1.54) is 12.8 Å². The lowest BCUT2D eigenvalue weighted by Crippen LogP contribution is -2.38. The Hall–Kier alpha value is -0.810. The molecule has 1 fully saturated rings. The molecule has 0 bridgehead atoms. The molecule has 0 amide bonds. The number of nitrogens with zero attached hydrogens (tertiary/aromatic N) is 1. The SMILES string of the molecule is CCNC(=NCC(CC)CC)NCCCOCC1CCOCC1. The van der Waals surface area contributed by atoms with E-state index in [2.05, 4.69) is 36.4 Å². The molecule has 0 saturated carbocycles. The molecule has 0 aliphatic carbocycles. The van der Waals surface area contributed by atoms with Gasteiger partial charge in [-0.15, -0.1) is 0 Å². The molecule has 0 spiro atoms. The second-order valence-corrected chi connectivity index (χ2v) is 6.31. The van der Waals surface area contributed by atoms with Crippen LogP contribution in [0.1, 0.15) is 52.9 Å². The van der Waals surface area contributed by atoms with Crippen molar-refractivity contribution in [1.82, 2.24) is 10.6 Å². The lowest BCUT2D eigenvalue weighted by atomic mass is 10.0. The zero-order valence-electron chi connectivity index (χ0n) is 15.4. The van der Waals surface area contributed by atoms with Gasteiger partial charge in [-0.25, -0.2) is 0 Å². The van der Waals surface area contributed by atoms with Crippen molar-refractivity contribution in [2.24, 2.45) is 16.8 Å². The summed E-state index contributed by atoms with van der Waals surface area (Å²) in [6.45, 7) is 12.8. The fourth-order valence-electron chi connectivity index (χ4n) is 2.65. The van der Waals surface area contributed by atoms with E-state index in [-0.39, 0.29) is 0 Å².